The Bertz CT molecular complexity index is 324. The van der Waals surface area contributed by atoms with Gasteiger partial charge in [0.25, 0.3) is 0 Å². The highest BCUT2D eigenvalue weighted by Gasteiger charge is 2.10. The van der Waals surface area contributed by atoms with E-state index in [2.05, 4.69) is 19.1 Å². The molecule has 0 N–H and O–H groups in total. The van der Waals surface area contributed by atoms with Crippen LogP contribution in [0.1, 0.15) is 18.1 Å². The second-order valence-corrected chi connectivity index (χ2v) is 3.39. The van der Waals surface area contributed by atoms with Crippen molar-refractivity contribution in [1.29, 1.82) is 0 Å². The van der Waals surface area contributed by atoms with Gasteiger partial charge < -0.3 is 0 Å². The third kappa shape index (κ3) is 1.08. The van der Waals surface area contributed by atoms with Crippen LogP contribution in [0.5, 0.6) is 0 Å². The third-order valence-electron chi connectivity index (χ3n) is 2.00. The van der Waals surface area contributed by atoms with Crippen molar-refractivity contribution in [2.24, 2.45) is 0 Å². The lowest BCUT2D eigenvalue weighted by atomic mass is 10.1. The number of rotatable bonds is 0. The Balaban J connectivity index is 2.61. The van der Waals surface area contributed by atoms with Gasteiger partial charge in [-0.3, -0.25) is 0 Å². The second-order valence-electron chi connectivity index (χ2n) is 2.98. The second kappa shape index (κ2) is 2.38. The van der Waals surface area contributed by atoms with Crippen molar-refractivity contribution in [1.82, 2.24) is 0 Å². The summed E-state index contributed by atoms with van der Waals surface area (Å²) in [5.41, 5.74) is 3.97. The molecular weight excluding hydrogens is 156 g/mol. The van der Waals surface area contributed by atoms with E-state index in [0.29, 0.717) is 0 Å². The van der Waals surface area contributed by atoms with Crippen LogP contribution in [0.4, 0.5) is 0 Å². The molecule has 2 rings (SSSR count). The molecule has 0 saturated heterocycles. The van der Waals surface area contributed by atoms with E-state index in [4.69, 9.17) is 11.6 Å². The van der Waals surface area contributed by atoms with Gasteiger partial charge in [0.05, 0.1) is 0 Å². The molecule has 1 aliphatic rings. The minimum absolute atomic E-state index is 0.874. The van der Waals surface area contributed by atoms with Crippen LogP contribution in [-0.4, -0.2) is 0 Å². The standard InChI is InChI=1S/C10H9Cl/c1-7-5-8-3-2-4-10(11)9(8)6-7/h2-4,6H,5H2,1H3. The molecule has 0 aromatic heterocycles. The molecule has 1 heteroatoms. The molecule has 0 heterocycles. The Labute approximate surface area is 71.5 Å². The van der Waals surface area contributed by atoms with E-state index in [1.165, 1.54) is 16.7 Å². The minimum Gasteiger partial charge on any atom is -0.0837 e. The van der Waals surface area contributed by atoms with Crippen molar-refractivity contribution in [2.45, 2.75) is 13.3 Å². The van der Waals surface area contributed by atoms with E-state index >= 15 is 0 Å². The van der Waals surface area contributed by atoms with Crippen LogP contribution in [0.3, 0.4) is 0 Å². The topological polar surface area (TPSA) is 0 Å². The monoisotopic (exact) mass is 164 g/mol. The van der Waals surface area contributed by atoms with Crippen LogP contribution in [0.2, 0.25) is 5.02 Å². The van der Waals surface area contributed by atoms with E-state index in [1.54, 1.807) is 0 Å². The summed E-state index contributed by atoms with van der Waals surface area (Å²) < 4.78 is 0. The molecule has 0 unspecified atom stereocenters. The van der Waals surface area contributed by atoms with Crippen LogP contribution < -0.4 is 0 Å². The number of hydrogen-bond acceptors (Lipinski definition) is 0. The normalized spacial score (nSPS) is 14.5. The first kappa shape index (κ1) is 6.93. The van der Waals surface area contributed by atoms with Gasteiger partial charge in [-0.1, -0.05) is 35.4 Å². The van der Waals surface area contributed by atoms with E-state index in [9.17, 15) is 0 Å². The highest BCUT2D eigenvalue weighted by atomic mass is 35.5. The molecule has 1 aromatic carbocycles. The van der Waals surface area contributed by atoms with Crippen molar-refractivity contribution in [2.75, 3.05) is 0 Å². The molecular formula is C10H9Cl. The van der Waals surface area contributed by atoms with Gasteiger partial charge >= 0.3 is 0 Å². The molecule has 0 atom stereocenters. The van der Waals surface area contributed by atoms with Gasteiger partial charge in [-0.2, -0.15) is 0 Å². The summed E-state index contributed by atoms with van der Waals surface area (Å²) in [6.45, 7) is 2.14. The first-order valence-electron chi connectivity index (χ1n) is 3.72. The summed E-state index contributed by atoms with van der Waals surface area (Å²) in [6, 6.07) is 6.08. The maximum Gasteiger partial charge on any atom is 0.0481 e. The van der Waals surface area contributed by atoms with E-state index < -0.39 is 0 Å². The Hall–Kier alpha value is -0.750. The number of fused-ring (bicyclic) bond motifs is 1. The highest BCUT2D eigenvalue weighted by molar-refractivity contribution is 6.32. The Morgan fingerprint density at radius 2 is 2.18 bits per heavy atom. The van der Waals surface area contributed by atoms with Gasteiger partial charge in [-0.15, -0.1) is 0 Å². The average Bonchev–Trinajstić information content (AvgIpc) is 2.31. The van der Waals surface area contributed by atoms with Crippen molar-refractivity contribution in [3.8, 4) is 0 Å². The summed E-state index contributed by atoms with van der Waals surface area (Å²) in [5, 5.41) is 0.874. The lowest BCUT2D eigenvalue weighted by Gasteiger charge is -1.98. The fourth-order valence-electron chi connectivity index (χ4n) is 1.50. The van der Waals surface area contributed by atoms with Crippen LogP contribution in [0, 0.1) is 0 Å². The smallest absolute Gasteiger partial charge is 0.0481 e. The van der Waals surface area contributed by atoms with Crippen LogP contribution in [0.25, 0.3) is 6.08 Å². The van der Waals surface area contributed by atoms with Gasteiger partial charge in [0.2, 0.25) is 0 Å². The van der Waals surface area contributed by atoms with Crippen molar-refractivity contribution >= 4 is 17.7 Å². The lowest BCUT2D eigenvalue weighted by molar-refractivity contribution is 1.20. The van der Waals surface area contributed by atoms with E-state index in [0.717, 1.165) is 11.4 Å². The van der Waals surface area contributed by atoms with Crippen LogP contribution in [-0.2, 0) is 6.42 Å². The molecule has 0 aliphatic heterocycles. The van der Waals surface area contributed by atoms with Crippen molar-refractivity contribution in [3.63, 3.8) is 0 Å². The van der Waals surface area contributed by atoms with Gasteiger partial charge in [0.1, 0.15) is 0 Å². The molecule has 0 radical (unpaired) electrons. The van der Waals surface area contributed by atoms with E-state index in [1.807, 2.05) is 12.1 Å². The zero-order valence-corrected chi connectivity index (χ0v) is 7.15. The SMILES string of the molecule is CC1=Cc2c(Cl)cccc2C1. The highest BCUT2D eigenvalue weighted by Crippen LogP contribution is 2.29. The number of allylic oxidation sites excluding steroid dienone is 1. The quantitative estimate of drug-likeness (QED) is 0.552. The average molecular weight is 165 g/mol. The zero-order chi connectivity index (χ0) is 7.84. The van der Waals surface area contributed by atoms with Gasteiger partial charge in [0, 0.05) is 5.02 Å². The fourth-order valence-corrected chi connectivity index (χ4v) is 1.74. The van der Waals surface area contributed by atoms with Crippen molar-refractivity contribution < 1.29 is 0 Å². The lowest BCUT2D eigenvalue weighted by Crippen LogP contribution is -1.81. The van der Waals surface area contributed by atoms with Crippen molar-refractivity contribution in [3.05, 3.63) is 39.9 Å². The third-order valence-corrected chi connectivity index (χ3v) is 2.33. The van der Waals surface area contributed by atoms with Gasteiger partial charge in [-0.25, -0.2) is 0 Å². The molecule has 0 nitrogen and oxygen atoms in total. The van der Waals surface area contributed by atoms with Crippen LogP contribution in [0.15, 0.2) is 23.8 Å². The Morgan fingerprint density at radius 3 is 2.91 bits per heavy atom. The number of hydrogen-bond donors (Lipinski definition) is 0. The predicted octanol–water partition coefficient (Wildman–Crippen LogP) is 3.30. The summed E-state index contributed by atoms with van der Waals surface area (Å²) in [6.07, 6.45) is 3.23. The number of halogens is 1. The van der Waals surface area contributed by atoms with Crippen LogP contribution >= 0.6 is 11.6 Å². The zero-order valence-electron chi connectivity index (χ0n) is 6.39. The molecule has 1 aromatic rings. The number of benzene rings is 1. The Morgan fingerprint density at radius 1 is 1.36 bits per heavy atom. The molecule has 0 fully saturated rings. The summed E-state index contributed by atoms with van der Waals surface area (Å²) in [7, 11) is 0. The molecule has 1 aliphatic carbocycles. The van der Waals surface area contributed by atoms with Gasteiger partial charge in [0.15, 0.2) is 0 Å². The maximum absolute atomic E-state index is 5.99. The molecule has 11 heavy (non-hydrogen) atoms. The first-order valence-corrected chi connectivity index (χ1v) is 4.10. The Kier molecular flexibility index (Phi) is 1.50. The first-order chi connectivity index (χ1) is 5.27. The minimum atomic E-state index is 0.874. The summed E-state index contributed by atoms with van der Waals surface area (Å²) in [5.74, 6) is 0. The molecule has 0 amide bonds. The maximum atomic E-state index is 5.99. The molecule has 0 saturated carbocycles. The molecule has 56 valence electrons. The summed E-state index contributed by atoms with van der Waals surface area (Å²) in [4.78, 5) is 0. The predicted molar refractivity (Wildman–Crippen MR) is 48.8 cm³/mol. The fraction of sp³-hybridized carbons (Fsp3) is 0.200. The summed E-state index contributed by atoms with van der Waals surface area (Å²) >= 11 is 5.99. The molecule has 0 bridgehead atoms. The van der Waals surface area contributed by atoms with Gasteiger partial charge in [-0.05, 0) is 30.5 Å². The largest absolute Gasteiger partial charge is 0.0837 e. The van der Waals surface area contributed by atoms with E-state index in [-0.39, 0.29) is 0 Å². The molecule has 0 spiro atoms.